The smallest absolute Gasteiger partial charge is 0.0540 e. The van der Waals surface area contributed by atoms with Gasteiger partial charge in [0.2, 0.25) is 0 Å². The first kappa shape index (κ1) is 28.2. The summed E-state index contributed by atoms with van der Waals surface area (Å²) in [7, 11) is 2.13. The summed E-state index contributed by atoms with van der Waals surface area (Å²) < 4.78 is 0. The minimum absolute atomic E-state index is 1.12. The molecule has 0 spiro atoms. The van der Waals surface area contributed by atoms with Gasteiger partial charge in [0.15, 0.2) is 0 Å². The van der Waals surface area contributed by atoms with Crippen molar-refractivity contribution in [1.82, 2.24) is 0 Å². The fourth-order valence-corrected chi connectivity index (χ4v) is 6.27. The topological polar surface area (TPSA) is 6.48 Å². The SMILES string of the molecule is Cc1ccc(N(C)c2ccc(-c3ccc(N(c4ccc(-c5ccccc5)cc4)c4cccc5ccccc45)cc3)cc2)c(C)c1. The van der Waals surface area contributed by atoms with Crippen molar-refractivity contribution in [2.24, 2.45) is 0 Å². The molecule has 0 fully saturated rings. The molecule has 0 aliphatic heterocycles. The Balaban J connectivity index is 1.22. The molecule has 0 bridgehead atoms. The van der Waals surface area contributed by atoms with Crippen LogP contribution in [-0.4, -0.2) is 7.05 Å². The van der Waals surface area contributed by atoms with Gasteiger partial charge in [-0.15, -0.1) is 0 Å². The minimum Gasteiger partial charge on any atom is -0.344 e. The van der Waals surface area contributed by atoms with E-state index in [0.29, 0.717) is 0 Å². The van der Waals surface area contributed by atoms with E-state index in [1.165, 1.54) is 55.5 Å². The van der Waals surface area contributed by atoms with Gasteiger partial charge >= 0.3 is 0 Å². The molecule has 0 aromatic heterocycles. The van der Waals surface area contributed by atoms with E-state index in [2.05, 4.69) is 194 Å². The molecule has 0 amide bonds. The maximum absolute atomic E-state index is 2.36. The van der Waals surface area contributed by atoms with E-state index < -0.39 is 0 Å². The monoisotopic (exact) mass is 580 g/mol. The molecule has 7 aromatic rings. The first-order valence-corrected chi connectivity index (χ1v) is 15.5. The van der Waals surface area contributed by atoms with Crippen LogP contribution in [0.15, 0.2) is 164 Å². The Labute approximate surface area is 266 Å². The summed E-state index contributed by atoms with van der Waals surface area (Å²) in [5.41, 5.74) is 13.2. The molecule has 0 aliphatic carbocycles. The summed E-state index contributed by atoms with van der Waals surface area (Å²) in [6.45, 7) is 4.31. The highest BCUT2D eigenvalue weighted by molar-refractivity contribution is 5.99. The van der Waals surface area contributed by atoms with Gasteiger partial charge in [0.25, 0.3) is 0 Å². The first-order valence-electron chi connectivity index (χ1n) is 15.5. The van der Waals surface area contributed by atoms with Gasteiger partial charge in [-0.05, 0) is 95.6 Å². The molecule has 45 heavy (non-hydrogen) atoms. The largest absolute Gasteiger partial charge is 0.344 e. The van der Waals surface area contributed by atoms with Gasteiger partial charge in [-0.25, -0.2) is 0 Å². The summed E-state index contributed by atoms with van der Waals surface area (Å²) in [5.74, 6) is 0. The van der Waals surface area contributed by atoms with Crippen LogP contribution >= 0.6 is 0 Å². The predicted molar refractivity (Wildman–Crippen MR) is 193 cm³/mol. The molecular weight excluding hydrogens is 544 g/mol. The Morgan fingerprint density at radius 3 is 1.51 bits per heavy atom. The van der Waals surface area contributed by atoms with Gasteiger partial charge in [-0.3, -0.25) is 0 Å². The molecule has 0 saturated carbocycles. The fourth-order valence-electron chi connectivity index (χ4n) is 6.27. The Hall–Kier alpha value is -5.60. The van der Waals surface area contributed by atoms with Crippen molar-refractivity contribution in [2.75, 3.05) is 16.8 Å². The number of nitrogens with zero attached hydrogens (tertiary/aromatic N) is 2. The highest BCUT2D eigenvalue weighted by Gasteiger charge is 2.16. The van der Waals surface area contributed by atoms with Gasteiger partial charge in [0.05, 0.1) is 5.69 Å². The summed E-state index contributed by atoms with van der Waals surface area (Å²) in [5, 5.41) is 2.45. The highest BCUT2D eigenvalue weighted by Crippen LogP contribution is 2.40. The predicted octanol–water partition coefficient (Wildman–Crippen LogP) is 12.0. The van der Waals surface area contributed by atoms with Crippen LogP contribution in [0.1, 0.15) is 11.1 Å². The third-order valence-corrected chi connectivity index (χ3v) is 8.67. The van der Waals surface area contributed by atoms with Gasteiger partial charge in [0.1, 0.15) is 0 Å². The number of rotatable bonds is 7. The van der Waals surface area contributed by atoms with Crippen LogP contribution in [-0.2, 0) is 0 Å². The molecule has 0 heterocycles. The Morgan fingerprint density at radius 2 is 0.911 bits per heavy atom. The van der Waals surface area contributed by atoms with Gasteiger partial charge in [0, 0.05) is 35.2 Å². The molecule has 218 valence electrons. The van der Waals surface area contributed by atoms with E-state index in [0.717, 1.165) is 17.1 Å². The molecule has 0 aliphatic rings. The lowest BCUT2D eigenvalue weighted by atomic mass is 10.0. The molecule has 0 radical (unpaired) electrons. The zero-order chi connectivity index (χ0) is 30.8. The van der Waals surface area contributed by atoms with E-state index in [4.69, 9.17) is 0 Å². The van der Waals surface area contributed by atoms with Crippen LogP contribution in [0.4, 0.5) is 28.4 Å². The van der Waals surface area contributed by atoms with Crippen molar-refractivity contribution in [1.29, 1.82) is 0 Å². The van der Waals surface area contributed by atoms with Crippen molar-refractivity contribution in [2.45, 2.75) is 13.8 Å². The third-order valence-electron chi connectivity index (χ3n) is 8.67. The second-order valence-corrected chi connectivity index (χ2v) is 11.7. The molecular formula is C43H36N2. The molecule has 0 saturated heterocycles. The second-order valence-electron chi connectivity index (χ2n) is 11.7. The van der Waals surface area contributed by atoms with Crippen molar-refractivity contribution in [3.05, 3.63) is 175 Å². The quantitative estimate of drug-likeness (QED) is 0.185. The van der Waals surface area contributed by atoms with Crippen molar-refractivity contribution in [3.63, 3.8) is 0 Å². The molecule has 0 unspecified atom stereocenters. The van der Waals surface area contributed by atoms with Gasteiger partial charge in [-0.2, -0.15) is 0 Å². The minimum atomic E-state index is 1.12. The lowest BCUT2D eigenvalue weighted by Crippen LogP contribution is -2.11. The molecule has 7 aromatic carbocycles. The Morgan fingerprint density at radius 1 is 0.400 bits per heavy atom. The normalized spacial score (nSPS) is 11.0. The lowest BCUT2D eigenvalue weighted by Gasteiger charge is -2.27. The Kier molecular flexibility index (Phi) is 7.63. The Bertz CT molecular complexity index is 2050. The number of hydrogen-bond acceptors (Lipinski definition) is 2. The number of fused-ring (bicyclic) bond motifs is 1. The number of aryl methyl sites for hydroxylation is 2. The van der Waals surface area contributed by atoms with Crippen molar-refractivity contribution in [3.8, 4) is 22.3 Å². The number of hydrogen-bond donors (Lipinski definition) is 0. The molecule has 2 heteroatoms. The average molecular weight is 581 g/mol. The number of anilines is 5. The van der Waals surface area contributed by atoms with Gasteiger partial charge in [-0.1, -0.05) is 121 Å². The standard InChI is InChI=1S/C43H36N2/c1-31-16-29-42(32(2)30-31)44(3)38-23-17-35(18-24-38)36-21-27-40(28-22-36)45(43-15-9-13-37-12-7-8-14-41(37)43)39-25-19-34(20-26-39)33-10-5-4-6-11-33/h4-30H,1-3H3. The van der Waals surface area contributed by atoms with Crippen molar-refractivity contribution < 1.29 is 0 Å². The zero-order valence-electron chi connectivity index (χ0n) is 26.0. The maximum Gasteiger partial charge on any atom is 0.0540 e. The van der Waals surface area contributed by atoms with E-state index >= 15 is 0 Å². The molecule has 0 atom stereocenters. The van der Waals surface area contributed by atoms with E-state index in [-0.39, 0.29) is 0 Å². The summed E-state index contributed by atoms with van der Waals surface area (Å²) in [6, 6.07) is 59.0. The maximum atomic E-state index is 2.36. The van der Waals surface area contributed by atoms with Crippen LogP contribution in [0.5, 0.6) is 0 Å². The third kappa shape index (κ3) is 5.71. The summed E-state index contributed by atoms with van der Waals surface area (Å²) >= 11 is 0. The van der Waals surface area contributed by atoms with E-state index in [1.807, 2.05) is 0 Å². The highest BCUT2D eigenvalue weighted by atomic mass is 15.1. The fraction of sp³-hybridized carbons (Fsp3) is 0.0698. The second kappa shape index (κ2) is 12.2. The van der Waals surface area contributed by atoms with E-state index in [9.17, 15) is 0 Å². The first-order chi connectivity index (χ1) is 22.0. The van der Waals surface area contributed by atoms with E-state index in [1.54, 1.807) is 0 Å². The van der Waals surface area contributed by atoms with Crippen LogP contribution < -0.4 is 9.80 Å². The molecule has 7 rings (SSSR count). The molecule has 2 nitrogen and oxygen atoms in total. The summed E-state index contributed by atoms with van der Waals surface area (Å²) in [4.78, 5) is 4.62. The lowest BCUT2D eigenvalue weighted by molar-refractivity contribution is 1.18. The summed E-state index contributed by atoms with van der Waals surface area (Å²) in [6.07, 6.45) is 0. The zero-order valence-corrected chi connectivity index (χ0v) is 26.0. The molecule has 0 N–H and O–H groups in total. The number of benzene rings is 7. The van der Waals surface area contributed by atoms with Crippen LogP contribution in [0, 0.1) is 13.8 Å². The van der Waals surface area contributed by atoms with Crippen LogP contribution in [0.2, 0.25) is 0 Å². The van der Waals surface area contributed by atoms with Crippen LogP contribution in [0.25, 0.3) is 33.0 Å². The average Bonchev–Trinajstić information content (AvgIpc) is 3.09. The van der Waals surface area contributed by atoms with Crippen LogP contribution in [0.3, 0.4) is 0 Å². The van der Waals surface area contributed by atoms with Crippen molar-refractivity contribution >= 4 is 39.2 Å². The van der Waals surface area contributed by atoms with Gasteiger partial charge < -0.3 is 9.80 Å².